The molecule has 0 aliphatic rings. The summed E-state index contributed by atoms with van der Waals surface area (Å²) in [6.07, 6.45) is 2.06. The summed E-state index contributed by atoms with van der Waals surface area (Å²) in [5.41, 5.74) is 2.61. The van der Waals surface area contributed by atoms with Gasteiger partial charge in [-0.05, 0) is 32.9 Å². The van der Waals surface area contributed by atoms with E-state index in [9.17, 15) is 4.39 Å². The number of rotatable bonds is 4. The van der Waals surface area contributed by atoms with Crippen LogP contribution in [0.3, 0.4) is 0 Å². The fraction of sp³-hybridized carbons (Fsp3) is 0.429. The van der Waals surface area contributed by atoms with Crippen LogP contribution in [-0.4, -0.2) is 6.54 Å². The summed E-state index contributed by atoms with van der Waals surface area (Å²) in [4.78, 5) is 0. The largest absolute Gasteiger partial charge is 0.307 e. The van der Waals surface area contributed by atoms with Crippen molar-refractivity contribution in [3.05, 3.63) is 46.8 Å². The van der Waals surface area contributed by atoms with E-state index in [1.165, 1.54) is 5.57 Å². The standard InChI is InChI=1S/C14H20FN/c1-5-16-13(9-10(2)3)12-8-6-7-11(4)14(12)15/h6-9,13,16H,5H2,1-4H3. The fourth-order valence-corrected chi connectivity index (χ4v) is 1.72. The van der Waals surface area contributed by atoms with Gasteiger partial charge in [-0.3, -0.25) is 0 Å². The van der Waals surface area contributed by atoms with Crippen LogP contribution in [0, 0.1) is 12.7 Å². The van der Waals surface area contributed by atoms with Crippen LogP contribution in [0.2, 0.25) is 0 Å². The lowest BCUT2D eigenvalue weighted by Crippen LogP contribution is -2.20. The van der Waals surface area contributed by atoms with E-state index in [0.717, 1.165) is 12.1 Å². The van der Waals surface area contributed by atoms with Crippen LogP contribution in [0.15, 0.2) is 29.8 Å². The predicted molar refractivity (Wildman–Crippen MR) is 67.0 cm³/mol. The molecule has 0 aromatic heterocycles. The van der Waals surface area contributed by atoms with Crippen LogP contribution >= 0.6 is 0 Å². The Morgan fingerprint density at radius 3 is 2.69 bits per heavy atom. The highest BCUT2D eigenvalue weighted by atomic mass is 19.1. The molecular formula is C14H20FN. The highest BCUT2D eigenvalue weighted by Crippen LogP contribution is 2.21. The van der Waals surface area contributed by atoms with Gasteiger partial charge in [0.25, 0.3) is 0 Å². The lowest BCUT2D eigenvalue weighted by atomic mass is 10.0. The van der Waals surface area contributed by atoms with Crippen LogP contribution in [0.1, 0.15) is 37.9 Å². The zero-order chi connectivity index (χ0) is 12.1. The average molecular weight is 221 g/mol. The molecule has 1 aromatic rings. The summed E-state index contributed by atoms with van der Waals surface area (Å²) in [6, 6.07) is 5.51. The third-order valence-electron chi connectivity index (χ3n) is 2.48. The van der Waals surface area contributed by atoms with Gasteiger partial charge in [-0.1, -0.05) is 36.8 Å². The number of hydrogen-bond donors (Lipinski definition) is 1. The van der Waals surface area contributed by atoms with Crippen molar-refractivity contribution < 1.29 is 4.39 Å². The molecule has 0 radical (unpaired) electrons. The van der Waals surface area contributed by atoms with Crippen LogP contribution in [-0.2, 0) is 0 Å². The molecule has 1 rings (SSSR count). The number of aryl methyl sites for hydroxylation is 1. The molecule has 1 aromatic carbocycles. The maximum absolute atomic E-state index is 14.0. The number of hydrogen-bond acceptors (Lipinski definition) is 1. The van der Waals surface area contributed by atoms with Crippen LogP contribution in [0.4, 0.5) is 4.39 Å². The van der Waals surface area contributed by atoms with E-state index >= 15 is 0 Å². The molecule has 0 saturated heterocycles. The van der Waals surface area contributed by atoms with Crippen LogP contribution < -0.4 is 5.32 Å². The lowest BCUT2D eigenvalue weighted by molar-refractivity contribution is 0.559. The van der Waals surface area contributed by atoms with Crippen molar-refractivity contribution >= 4 is 0 Å². The SMILES string of the molecule is CCNC(C=C(C)C)c1cccc(C)c1F. The Balaban J connectivity index is 3.10. The first kappa shape index (κ1) is 12.9. The third-order valence-corrected chi connectivity index (χ3v) is 2.48. The zero-order valence-corrected chi connectivity index (χ0v) is 10.5. The average Bonchev–Trinajstić information content (AvgIpc) is 2.21. The first-order chi connectivity index (χ1) is 7.56. The molecular weight excluding hydrogens is 201 g/mol. The van der Waals surface area contributed by atoms with Crippen molar-refractivity contribution in [2.24, 2.45) is 0 Å². The molecule has 0 fully saturated rings. The minimum absolute atomic E-state index is 0.0325. The second-order valence-corrected chi connectivity index (χ2v) is 4.26. The fourth-order valence-electron chi connectivity index (χ4n) is 1.72. The van der Waals surface area contributed by atoms with E-state index in [-0.39, 0.29) is 11.9 Å². The van der Waals surface area contributed by atoms with Crippen molar-refractivity contribution in [3.8, 4) is 0 Å². The molecule has 0 aliphatic carbocycles. The molecule has 1 atom stereocenters. The van der Waals surface area contributed by atoms with Gasteiger partial charge in [-0.25, -0.2) is 4.39 Å². The van der Waals surface area contributed by atoms with E-state index in [4.69, 9.17) is 0 Å². The first-order valence-corrected chi connectivity index (χ1v) is 5.69. The molecule has 16 heavy (non-hydrogen) atoms. The Morgan fingerprint density at radius 2 is 2.12 bits per heavy atom. The van der Waals surface area contributed by atoms with E-state index in [1.54, 1.807) is 13.0 Å². The van der Waals surface area contributed by atoms with E-state index in [2.05, 4.69) is 11.4 Å². The maximum Gasteiger partial charge on any atom is 0.131 e. The molecule has 88 valence electrons. The number of allylic oxidation sites excluding steroid dienone is 1. The topological polar surface area (TPSA) is 12.0 Å². The number of nitrogens with one attached hydrogen (secondary N) is 1. The van der Waals surface area contributed by atoms with Gasteiger partial charge in [0.2, 0.25) is 0 Å². The van der Waals surface area contributed by atoms with Crippen LogP contribution in [0.5, 0.6) is 0 Å². The quantitative estimate of drug-likeness (QED) is 0.763. The van der Waals surface area contributed by atoms with E-state index < -0.39 is 0 Å². The second kappa shape index (κ2) is 5.80. The molecule has 1 unspecified atom stereocenters. The van der Waals surface area contributed by atoms with E-state index in [1.807, 2.05) is 32.9 Å². The highest BCUT2D eigenvalue weighted by molar-refractivity contribution is 5.30. The molecule has 0 aliphatic heterocycles. The molecule has 0 heterocycles. The summed E-state index contributed by atoms with van der Waals surface area (Å²) in [6.45, 7) is 8.70. The Hall–Kier alpha value is -1.15. The summed E-state index contributed by atoms with van der Waals surface area (Å²) in [5, 5.41) is 3.28. The van der Waals surface area contributed by atoms with Crippen molar-refractivity contribution in [1.29, 1.82) is 0 Å². The van der Waals surface area contributed by atoms with Gasteiger partial charge in [0.05, 0.1) is 6.04 Å². The molecule has 2 heteroatoms. The molecule has 1 nitrogen and oxygen atoms in total. The van der Waals surface area contributed by atoms with Crippen LogP contribution in [0.25, 0.3) is 0 Å². The lowest BCUT2D eigenvalue weighted by Gasteiger charge is -2.16. The number of halogens is 1. The Morgan fingerprint density at radius 1 is 1.44 bits per heavy atom. The third kappa shape index (κ3) is 3.17. The highest BCUT2D eigenvalue weighted by Gasteiger charge is 2.13. The maximum atomic E-state index is 14.0. The van der Waals surface area contributed by atoms with Gasteiger partial charge in [-0.2, -0.15) is 0 Å². The summed E-state index contributed by atoms with van der Waals surface area (Å²) in [7, 11) is 0. The van der Waals surface area contributed by atoms with Gasteiger partial charge in [0, 0.05) is 5.56 Å². The van der Waals surface area contributed by atoms with Gasteiger partial charge in [-0.15, -0.1) is 0 Å². The molecule has 0 amide bonds. The zero-order valence-electron chi connectivity index (χ0n) is 10.5. The van der Waals surface area contributed by atoms with Gasteiger partial charge < -0.3 is 5.32 Å². The smallest absolute Gasteiger partial charge is 0.131 e. The monoisotopic (exact) mass is 221 g/mol. The minimum atomic E-state index is -0.106. The van der Waals surface area contributed by atoms with Gasteiger partial charge >= 0.3 is 0 Å². The Kier molecular flexibility index (Phi) is 4.69. The number of likely N-dealkylation sites (N-methyl/N-ethyl adjacent to an activating group) is 1. The normalized spacial score (nSPS) is 12.3. The molecule has 1 N–H and O–H groups in total. The van der Waals surface area contributed by atoms with Crippen molar-refractivity contribution in [2.45, 2.75) is 33.7 Å². The Bertz CT molecular complexity index is 378. The second-order valence-electron chi connectivity index (χ2n) is 4.26. The molecule has 0 spiro atoms. The first-order valence-electron chi connectivity index (χ1n) is 5.69. The van der Waals surface area contributed by atoms with Crippen molar-refractivity contribution in [1.82, 2.24) is 5.32 Å². The Labute approximate surface area is 97.4 Å². The molecule has 0 bridgehead atoms. The summed E-state index contributed by atoms with van der Waals surface area (Å²) in [5.74, 6) is -0.106. The van der Waals surface area contributed by atoms with Gasteiger partial charge in [0.1, 0.15) is 5.82 Å². The molecule has 0 saturated carbocycles. The van der Waals surface area contributed by atoms with Crippen molar-refractivity contribution in [2.75, 3.05) is 6.54 Å². The minimum Gasteiger partial charge on any atom is -0.307 e. The van der Waals surface area contributed by atoms with Crippen molar-refractivity contribution in [3.63, 3.8) is 0 Å². The number of benzene rings is 1. The summed E-state index contributed by atoms with van der Waals surface area (Å²) >= 11 is 0. The van der Waals surface area contributed by atoms with Gasteiger partial charge in [0.15, 0.2) is 0 Å². The summed E-state index contributed by atoms with van der Waals surface area (Å²) < 4.78 is 14.0. The van der Waals surface area contributed by atoms with E-state index in [0.29, 0.717) is 5.56 Å². The predicted octanol–water partition coefficient (Wildman–Crippen LogP) is 3.75.